The first-order valence-electron chi connectivity index (χ1n) is 3.72. The van der Waals surface area contributed by atoms with E-state index in [1.165, 1.54) is 0 Å². The van der Waals surface area contributed by atoms with Gasteiger partial charge in [0.15, 0.2) is 0 Å². The van der Waals surface area contributed by atoms with Crippen molar-refractivity contribution in [1.82, 2.24) is 4.90 Å². The zero-order valence-corrected chi connectivity index (χ0v) is 10.3. The third kappa shape index (κ3) is 8.11. The van der Waals surface area contributed by atoms with E-state index in [4.69, 9.17) is 12.6 Å². The molecule has 1 radical (unpaired) electrons. The molecule has 0 spiro atoms. The van der Waals surface area contributed by atoms with Gasteiger partial charge in [0.1, 0.15) is 0 Å². The third-order valence-electron chi connectivity index (χ3n) is 1.27. The Balaban J connectivity index is -0.000000605. The quantitative estimate of drug-likeness (QED) is 0.237. The summed E-state index contributed by atoms with van der Waals surface area (Å²) in [5.41, 5.74) is 0. The average Bonchev–Trinajstić information content (AvgIpc) is 2.04. The fourth-order valence-electron chi connectivity index (χ4n) is 0.772. The minimum Gasteiger partial charge on any atom is -0.763 e. The Morgan fingerprint density at radius 3 is 1.86 bits per heavy atom. The molecule has 3 heteroatoms. The van der Waals surface area contributed by atoms with Crippen LogP contribution in [0.1, 0.15) is 0 Å². The Morgan fingerprint density at radius 2 is 1.57 bits per heavy atom. The minimum atomic E-state index is 0. The summed E-state index contributed by atoms with van der Waals surface area (Å²) in [7, 11) is 0. The number of rotatable bonds is 6. The van der Waals surface area contributed by atoms with Gasteiger partial charge < -0.3 is 25.0 Å². The second-order valence-corrected chi connectivity index (χ2v) is 2.64. The predicted molar refractivity (Wildman–Crippen MR) is 64.0 cm³/mol. The molecule has 0 aromatic heterocycles. The largest absolute Gasteiger partial charge is 2.00 e. The van der Waals surface area contributed by atoms with Crippen molar-refractivity contribution < 1.29 is 17.1 Å². The van der Waals surface area contributed by atoms with Gasteiger partial charge in [-0.1, -0.05) is 30.9 Å². The standard InChI is InChI=1S/C10H15NS.CH3.Cu/c1-4-7-10(12)11(8-5-2)9-6-3;;/h4-7,12H,1-3,8-9H2;1H3;/q;-1;+2/p-1/b10-7-;;. The molecule has 0 saturated heterocycles. The molecule has 14 heavy (non-hydrogen) atoms. The van der Waals surface area contributed by atoms with E-state index in [1.807, 2.05) is 17.1 Å². The van der Waals surface area contributed by atoms with Crippen LogP contribution >= 0.6 is 0 Å². The van der Waals surface area contributed by atoms with Crippen molar-refractivity contribution in [1.29, 1.82) is 0 Å². The van der Waals surface area contributed by atoms with E-state index in [1.54, 1.807) is 12.2 Å². The second kappa shape index (κ2) is 12.5. The van der Waals surface area contributed by atoms with Crippen LogP contribution in [0, 0.1) is 7.43 Å². The Kier molecular flexibility index (Phi) is 17.1. The first kappa shape index (κ1) is 19.1. The van der Waals surface area contributed by atoms with Crippen LogP contribution in [-0.2, 0) is 29.7 Å². The van der Waals surface area contributed by atoms with Gasteiger partial charge in [-0.25, -0.2) is 0 Å². The number of nitrogens with zero attached hydrogens (tertiary/aromatic N) is 1. The molecule has 0 bridgehead atoms. The molecule has 0 aliphatic rings. The Hall–Kier alpha value is -0.501. The molecule has 83 valence electrons. The van der Waals surface area contributed by atoms with E-state index in [-0.39, 0.29) is 24.5 Å². The third-order valence-corrected chi connectivity index (χ3v) is 1.67. The van der Waals surface area contributed by atoms with Gasteiger partial charge >= 0.3 is 17.1 Å². The van der Waals surface area contributed by atoms with Gasteiger partial charge in [-0.15, -0.1) is 18.2 Å². The number of allylic oxidation sites excluding steroid dienone is 2. The molecule has 0 unspecified atom stereocenters. The van der Waals surface area contributed by atoms with Crippen LogP contribution in [0.2, 0.25) is 0 Å². The zero-order chi connectivity index (χ0) is 9.40. The summed E-state index contributed by atoms with van der Waals surface area (Å²) in [6.45, 7) is 12.4. The average molecular weight is 259 g/mol. The predicted octanol–water partition coefficient (Wildman–Crippen LogP) is 2.68. The van der Waals surface area contributed by atoms with Crippen molar-refractivity contribution in [3.05, 3.63) is 56.5 Å². The van der Waals surface area contributed by atoms with Crippen molar-refractivity contribution in [3.63, 3.8) is 0 Å². The van der Waals surface area contributed by atoms with E-state index in [9.17, 15) is 0 Å². The van der Waals surface area contributed by atoms with Crippen LogP contribution < -0.4 is 0 Å². The van der Waals surface area contributed by atoms with Crippen molar-refractivity contribution >= 4 is 12.6 Å². The van der Waals surface area contributed by atoms with E-state index in [0.717, 1.165) is 18.1 Å². The maximum atomic E-state index is 5.11. The van der Waals surface area contributed by atoms with Crippen LogP contribution in [0.3, 0.4) is 0 Å². The number of hydrogen-bond acceptors (Lipinski definition) is 2. The molecule has 0 aliphatic carbocycles. The Morgan fingerprint density at radius 1 is 1.14 bits per heavy atom. The summed E-state index contributed by atoms with van der Waals surface area (Å²) in [6.07, 6.45) is 7.10. The first-order chi connectivity index (χ1) is 5.76. The zero-order valence-electron chi connectivity index (χ0n) is 8.50. The Bertz CT molecular complexity index is 189. The summed E-state index contributed by atoms with van der Waals surface area (Å²) >= 11 is 5.11. The fraction of sp³-hybridized carbons (Fsp3) is 0.182. The van der Waals surface area contributed by atoms with E-state index < -0.39 is 0 Å². The van der Waals surface area contributed by atoms with Crippen molar-refractivity contribution in [2.45, 2.75) is 0 Å². The van der Waals surface area contributed by atoms with Gasteiger partial charge in [-0.2, -0.15) is 0 Å². The van der Waals surface area contributed by atoms with Crippen LogP contribution in [0.25, 0.3) is 0 Å². The normalized spacial score (nSPS) is 9.00. The van der Waals surface area contributed by atoms with E-state index in [0.29, 0.717) is 0 Å². The molecule has 0 amide bonds. The summed E-state index contributed by atoms with van der Waals surface area (Å²) in [5.74, 6) is 0. The van der Waals surface area contributed by atoms with Crippen LogP contribution in [0.5, 0.6) is 0 Å². The molecule has 1 nitrogen and oxygen atoms in total. The molecule has 0 atom stereocenters. The fourth-order valence-corrected chi connectivity index (χ4v) is 1.02. The van der Waals surface area contributed by atoms with Gasteiger partial charge in [0, 0.05) is 13.1 Å². The molecule has 0 N–H and O–H groups in total. The molecule has 0 saturated carbocycles. The van der Waals surface area contributed by atoms with Crippen molar-refractivity contribution in [2.75, 3.05) is 13.1 Å². The molecule has 0 fully saturated rings. The maximum absolute atomic E-state index is 5.11. The topological polar surface area (TPSA) is 3.24 Å². The first-order valence-corrected chi connectivity index (χ1v) is 4.13. The SMILES string of the molecule is C=C/C=C(\[S-])N(CC=C)CC=C.[CH3-].[Cu+2]. The smallest absolute Gasteiger partial charge is 0.763 e. The second-order valence-electron chi connectivity index (χ2n) is 2.22. The van der Waals surface area contributed by atoms with Crippen LogP contribution in [-0.4, -0.2) is 18.0 Å². The summed E-state index contributed by atoms with van der Waals surface area (Å²) < 4.78 is 0. The van der Waals surface area contributed by atoms with Gasteiger partial charge in [0.05, 0.1) is 0 Å². The van der Waals surface area contributed by atoms with Gasteiger partial charge in [0.2, 0.25) is 0 Å². The van der Waals surface area contributed by atoms with Gasteiger partial charge in [0.25, 0.3) is 0 Å². The summed E-state index contributed by atoms with van der Waals surface area (Å²) in [5, 5.41) is 0.768. The van der Waals surface area contributed by atoms with Gasteiger partial charge in [-0.3, -0.25) is 0 Å². The molecule has 0 aromatic carbocycles. The summed E-state index contributed by atoms with van der Waals surface area (Å²) in [4.78, 5) is 1.98. The van der Waals surface area contributed by atoms with Crippen molar-refractivity contribution in [2.24, 2.45) is 0 Å². The maximum Gasteiger partial charge on any atom is 2.00 e. The van der Waals surface area contributed by atoms with Crippen LogP contribution in [0.15, 0.2) is 49.1 Å². The Labute approximate surface area is 104 Å². The van der Waals surface area contributed by atoms with Crippen molar-refractivity contribution in [3.8, 4) is 0 Å². The van der Waals surface area contributed by atoms with E-state index in [2.05, 4.69) is 19.7 Å². The minimum absolute atomic E-state index is 0. The monoisotopic (exact) mass is 258 g/mol. The van der Waals surface area contributed by atoms with Gasteiger partial charge in [-0.05, 0) is 0 Å². The molecular formula is C11H17CuNS. The molecule has 0 aromatic rings. The van der Waals surface area contributed by atoms with Crippen LogP contribution in [0.4, 0.5) is 0 Å². The molecular weight excluding hydrogens is 242 g/mol. The summed E-state index contributed by atoms with van der Waals surface area (Å²) in [6, 6.07) is 0. The molecule has 0 aliphatic heterocycles. The molecule has 0 rings (SSSR count). The number of hydrogen-bond donors (Lipinski definition) is 0. The molecule has 0 heterocycles. The van der Waals surface area contributed by atoms with E-state index >= 15 is 0 Å².